The Balaban J connectivity index is 2.50. The Kier molecular flexibility index (Phi) is 2.71. The highest BCUT2D eigenvalue weighted by atomic mass is 19.1. The third-order valence-electron chi connectivity index (χ3n) is 2.69. The van der Waals surface area contributed by atoms with Crippen LogP contribution in [-0.2, 0) is 12.6 Å². The average molecular weight is 238 g/mol. The fourth-order valence-corrected chi connectivity index (χ4v) is 1.67. The minimum absolute atomic E-state index is 0.156. The monoisotopic (exact) mass is 238 g/mol. The number of rotatable bonds is 2. The van der Waals surface area contributed by atoms with E-state index in [4.69, 9.17) is 0 Å². The molecule has 17 heavy (non-hydrogen) atoms. The van der Waals surface area contributed by atoms with E-state index in [-0.39, 0.29) is 5.56 Å². The summed E-state index contributed by atoms with van der Waals surface area (Å²) in [6.07, 6.45) is 3.06. The Labute approximate surface area is 97.3 Å². The Morgan fingerprint density at radius 2 is 1.76 bits per heavy atom. The fourth-order valence-electron chi connectivity index (χ4n) is 1.67. The van der Waals surface area contributed by atoms with Gasteiger partial charge >= 0.3 is 0 Å². The van der Waals surface area contributed by atoms with E-state index in [1.807, 2.05) is 0 Å². The maximum Gasteiger partial charge on any atom is 0.126 e. The van der Waals surface area contributed by atoms with Gasteiger partial charge in [-0.2, -0.15) is 5.10 Å². The molecule has 5 heteroatoms. The van der Waals surface area contributed by atoms with Gasteiger partial charge in [-0.15, -0.1) is 0 Å². The van der Waals surface area contributed by atoms with E-state index in [1.165, 1.54) is 17.8 Å². The van der Waals surface area contributed by atoms with Crippen LogP contribution in [0.1, 0.15) is 18.1 Å². The highest BCUT2D eigenvalue weighted by molar-refractivity contribution is 5.33. The first kappa shape index (κ1) is 11.7. The van der Waals surface area contributed by atoms with E-state index in [0.29, 0.717) is 5.56 Å². The van der Waals surface area contributed by atoms with Crippen LogP contribution in [0.15, 0.2) is 30.6 Å². The third-order valence-corrected chi connectivity index (χ3v) is 2.69. The summed E-state index contributed by atoms with van der Waals surface area (Å²) in [6.45, 7) is 1.47. The van der Waals surface area contributed by atoms with E-state index in [0.717, 1.165) is 18.2 Å². The van der Waals surface area contributed by atoms with E-state index >= 15 is 0 Å². The van der Waals surface area contributed by atoms with E-state index in [1.54, 1.807) is 13.2 Å². The lowest BCUT2D eigenvalue weighted by atomic mass is 9.90. The molecule has 2 aromatic rings. The van der Waals surface area contributed by atoms with Gasteiger partial charge in [0.05, 0.1) is 6.20 Å². The second kappa shape index (κ2) is 3.92. The van der Waals surface area contributed by atoms with Crippen molar-refractivity contribution in [2.75, 3.05) is 0 Å². The molecule has 1 aromatic heterocycles. The van der Waals surface area contributed by atoms with Crippen molar-refractivity contribution >= 4 is 0 Å². The lowest BCUT2D eigenvalue weighted by Crippen LogP contribution is -2.22. The molecule has 1 heterocycles. The maximum absolute atomic E-state index is 13.1. The van der Waals surface area contributed by atoms with Crippen molar-refractivity contribution in [1.29, 1.82) is 0 Å². The van der Waals surface area contributed by atoms with E-state index < -0.39 is 17.2 Å². The molecule has 0 aliphatic rings. The van der Waals surface area contributed by atoms with Crippen LogP contribution < -0.4 is 0 Å². The number of aromatic nitrogens is 2. The Hall–Kier alpha value is -1.75. The lowest BCUT2D eigenvalue weighted by molar-refractivity contribution is 0.101. The number of aryl methyl sites for hydroxylation is 1. The quantitative estimate of drug-likeness (QED) is 0.868. The summed E-state index contributed by atoms with van der Waals surface area (Å²) < 4.78 is 27.7. The highest BCUT2D eigenvalue weighted by Gasteiger charge is 2.28. The molecule has 0 spiro atoms. The van der Waals surface area contributed by atoms with Crippen molar-refractivity contribution < 1.29 is 13.9 Å². The van der Waals surface area contributed by atoms with Crippen molar-refractivity contribution in [3.8, 4) is 0 Å². The Morgan fingerprint density at radius 3 is 2.24 bits per heavy atom. The first-order valence-corrected chi connectivity index (χ1v) is 5.07. The van der Waals surface area contributed by atoms with Gasteiger partial charge in [-0.05, 0) is 24.6 Å². The predicted molar refractivity (Wildman–Crippen MR) is 58.2 cm³/mol. The van der Waals surface area contributed by atoms with E-state index in [9.17, 15) is 13.9 Å². The van der Waals surface area contributed by atoms with Gasteiger partial charge in [-0.1, -0.05) is 0 Å². The standard InChI is InChI=1S/C12H12F2N2O/c1-12(17,9-6-15-16(2)7-9)8-3-10(13)5-11(14)4-8/h3-7,17H,1-2H3. The molecule has 0 saturated heterocycles. The van der Waals surface area contributed by atoms with Gasteiger partial charge in [-0.3, -0.25) is 4.68 Å². The number of hydrogen-bond acceptors (Lipinski definition) is 2. The topological polar surface area (TPSA) is 38.0 Å². The predicted octanol–water partition coefficient (Wildman–Crippen LogP) is 1.95. The SMILES string of the molecule is Cn1cc(C(C)(O)c2cc(F)cc(F)c2)cn1. The van der Waals surface area contributed by atoms with Crippen molar-refractivity contribution in [1.82, 2.24) is 9.78 Å². The van der Waals surface area contributed by atoms with Crippen LogP contribution in [0, 0.1) is 11.6 Å². The molecule has 1 aromatic carbocycles. The summed E-state index contributed by atoms with van der Waals surface area (Å²) in [5, 5.41) is 14.3. The molecule has 1 atom stereocenters. The zero-order valence-electron chi connectivity index (χ0n) is 9.48. The second-order valence-electron chi connectivity index (χ2n) is 4.13. The van der Waals surface area contributed by atoms with Gasteiger partial charge in [0.15, 0.2) is 0 Å². The molecule has 1 N–H and O–H groups in total. The van der Waals surface area contributed by atoms with Crippen LogP contribution in [0.2, 0.25) is 0 Å². The van der Waals surface area contributed by atoms with Crippen molar-refractivity contribution in [2.24, 2.45) is 7.05 Å². The van der Waals surface area contributed by atoms with Gasteiger partial charge < -0.3 is 5.11 Å². The van der Waals surface area contributed by atoms with Crippen LogP contribution in [0.4, 0.5) is 8.78 Å². The summed E-state index contributed by atoms with van der Waals surface area (Å²) in [4.78, 5) is 0. The van der Waals surface area contributed by atoms with Crippen LogP contribution in [0.3, 0.4) is 0 Å². The fraction of sp³-hybridized carbons (Fsp3) is 0.250. The molecule has 0 saturated carbocycles. The van der Waals surface area contributed by atoms with Gasteiger partial charge in [0.2, 0.25) is 0 Å². The number of nitrogens with zero attached hydrogens (tertiary/aromatic N) is 2. The zero-order valence-corrected chi connectivity index (χ0v) is 9.48. The van der Waals surface area contributed by atoms with Gasteiger partial charge in [0.25, 0.3) is 0 Å². The zero-order chi connectivity index (χ0) is 12.6. The molecular weight excluding hydrogens is 226 g/mol. The molecule has 0 bridgehead atoms. The van der Waals surface area contributed by atoms with Crippen LogP contribution in [0.5, 0.6) is 0 Å². The van der Waals surface area contributed by atoms with Crippen LogP contribution >= 0.6 is 0 Å². The molecule has 0 aliphatic heterocycles. The van der Waals surface area contributed by atoms with Crippen LogP contribution in [-0.4, -0.2) is 14.9 Å². The average Bonchev–Trinajstić information content (AvgIpc) is 2.64. The molecule has 3 nitrogen and oxygen atoms in total. The van der Waals surface area contributed by atoms with Gasteiger partial charge in [-0.25, -0.2) is 8.78 Å². The number of benzene rings is 1. The Morgan fingerprint density at radius 1 is 1.18 bits per heavy atom. The smallest absolute Gasteiger partial charge is 0.126 e. The lowest BCUT2D eigenvalue weighted by Gasteiger charge is -2.22. The van der Waals surface area contributed by atoms with Crippen molar-refractivity contribution in [3.05, 3.63) is 53.4 Å². The minimum Gasteiger partial charge on any atom is -0.381 e. The third kappa shape index (κ3) is 2.19. The summed E-state index contributed by atoms with van der Waals surface area (Å²) in [5.74, 6) is -1.44. The normalized spacial score (nSPS) is 14.6. The maximum atomic E-state index is 13.1. The Bertz CT molecular complexity index is 529. The second-order valence-corrected chi connectivity index (χ2v) is 4.13. The van der Waals surface area contributed by atoms with Crippen molar-refractivity contribution in [2.45, 2.75) is 12.5 Å². The molecule has 0 fully saturated rings. The molecule has 0 aliphatic carbocycles. The summed E-state index contributed by atoms with van der Waals surface area (Å²) >= 11 is 0. The summed E-state index contributed by atoms with van der Waals surface area (Å²) in [7, 11) is 1.70. The van der Waals surface area contributed by atoms with Gasteiger partial charge in [0.1, 0.15) is 17.2 Å². The molecule has 1 unspecified atom stereocenters. The summed E-state index contributed by atoms with van der Waals surface area (Å²) in [6, 6.07) is 2.98. The molecule has 90 valence electrons. The van der Waals surface area contributed by atoms with Gasteiger partial charge in [0, 0.05) is 24.9 Å². The first-order valence-electron chi connectivity index (χ1n) is 5.07. The number of hydrogen-bond donors (Lipinski definition) is 1. The van der Waals surface area contributed by atoms with Crippen molar-refractivity contribution in [3.63, 3.8) is 0 Å². The largest absolute Gasteiger partial charge is 0.381 e. The molecular formula is C12H12F2N2O. The molecule has 0 amide bonds. The number of aliphatic hydroxyl groups is 1. The minimum atomic E-state index is -1.48. The first-order chi connectivity index (χ1) is 7.89. The number of halogens is 2. The summed E-state index contributed by atoms with van der Waals surface area (Å²) in [5.41, 5.74) is -0.843. The molecule has 2 rings (SSSR count). The highest BCUT2D eigenvalue weighted by Crippen LogP contribution is 2.29. The molecule has 0 radical (unpaired) electrons. The van der Waals surface area contributed by atoms with Crippen LogP contribution in [0.25, 0.3) is 0 Å². The van der Waals surface area contributed by atoms with E-state index in [2.05, 4.69) is 5.10 Å².